The zero-order chi connectivity index (χ0) is 19.0. The van der Waals surface area contributed by atoms with Crippen LogP contribution in [0.4, 0.5) is 5.69 Å². The number of methoxy groups -OCH3 is 1. The predicted molar refractivity (Wildman–Crippen MR) is 108 cm³/mol. The molecule has 0 atom stereocenters. The first kappa shape index (κ1) is 17.4. The lowest BCUT2D eigenvalue weighted by atomic mass is 10.2. The van der Waals surface area contributed by atoms with Gasteiger partial charge in [-0.2, -0.15) is 10.2 Å². The lowest BCUT2D eigenvalue weighted by Crippen LogP contribution is -2.02. The number of aryl methyl sites for hydroxylation is 3. The van der Waals surface area contributed by atoms with Crippen LogP contribution in [0, 0.1) is 13.8 Å². The van der Waals surface area contributed by atoms with Crippen LogP contribution in [-0.4, -0.2) is 31.7 Å². The van der Waals surface area contributed by atoms with Gasteiger partial charge >= 0.3 is 0 Å². The molecule has 27 heavy (non-hydrogen) atoms. The number of hydrogen-bond acceptors (Lipinski definition) is 6. The molecular weight excluding hydrogens is 360 g/mol. The minimum Gasteiger partial charge on any atom is -0.494 e. The van der Waals surface area contributed by atoms with E-state index in [9.17, 15) is 0 Å². The molecule has 0 unspecified atom stereocenters. The Morgan fingerprint density at radius 1 is 1.11 bits per heavy atom. The molecule has 7 nitrogen and oxygen atoms in total. The Kier molecular flexibility index (Phi) is 4.49. The Balaban J connectivity index is 1.58. The Bertz CT molecular complexity index is 1100. The molecule has 8 heteroatoms. The summed E-state index contributed by atoms with van der Waals surface area (Å²) in [5, 5.41) is 9.86. The van der Waals surface area contributed by atoms with Crippen LogP contribution in [0.25, 0.3) is 16.7 Å². The molecule has 0 fully saturated rings. The van der Waals surface area contributed by atoms with Gasteiger partial charge in [-0.3, -0.25) is 4.68 Å². The van der Waals surface area contributed by atoms with E-state index < -0.39 is 0 Å². The molecule has 1 aromatic carbocycles. The topological polar surface area (TPSA) is 69.8 Å². The minimum atomic E-state index is 0.769. The molecule has 1 N–H and O–H groups in total. The van der Waals surface area contributed by atoms with Crippen molar-refractivity contribution in [3.05, 3.63) is 54.1 Å². The zero-order valence-corrected chi connectivity index (χ0v) is 16.4. The maximum absolute atomic E-state index is 5.51. The summed E-state index contributed by atoms with van der Waals surface area (Å²) in [6.07, 6.45) is 3.68. The monoisotopic (exact) mass is 380 g/mol. The second kappa shape index (κ2) is 6.96. The fraction of sp³-hybridized carbons (Fsp3) is 0.211. The smallest absolute Gasteiger partial charge is 0.153 e. The largest absolute Gasteiger partial charge is 0.494 e. The summed E-state index contributed by atoms with van der Waals surface area (Å²) in [5.41, 5.74) is 3.92. The van der Waals surface area contributed by atoms with Crippen LogP contribution in [0.15, 0.2) is 47.6 Å². The molecule has 138 valence electrons. The van der Waals surface area contributed by atoms with Crippen molar-refractivity contribution in [3.63, 3.8) is 0 Å². The Morgan fingerprint density at radius 3 is 2.63 bits per heavy atom. The van der Waals surface area contributed by atoms with Crippen LogP contribution >= 0.6 is 11.9 Å². The van der Waals surface area contributed by atoms with E-state index >= 15 is 0 Å². The summed E-state index contributed by atoms with van der Waals surface area (Å²) in [6, 6.07) is 9.96. The first-order valence-electron chi connectivity index (χ1n) is 8.48. The highest BCUT2D eigenvalue weighted by atomic mass is 32.2. The highest BCUT2D eigenvalue weighted by Gasteiger charge is 2.13. The molecule has 4 aromatic rings. The van der Waals surface area contributed by atoms with E-state index in [2.05, 4.69) is 19.9 Å². The quantitative estimate of drug-likeness (QED) is 0.530. The van der Waals surface area contributed by atoms with E-state index in [0.29, 0.717) is 0 Å². The fourth-order valence-electron chi connectivity index (χ4n) is 3.05. The van der Waals surface area contributed by atoms with E-state index in [0.717, 1.165) is 44.4 Å². The number of aromatic nitrogens is 5. The van der Waals surface area contributed by atoms with E-state index in [1.807, 2.05) is 73.0 Å². The fourth-order valence-corrected chi connectivity index (χ4v) is 3.70. The maximum atomic E-state index is 5.51. The van der Waals surface area contributed by atoms with Gasteiger partial charge in [-0.05, 0) is 56.1 Å². The highest BCUT2D eigenvalue weighted by Crippen LogP contribution is 2.36. The molecule has 0 amide bonds. The molecule has 0 aliphatic heterocycles. The molecular formula is C19H20N6OS. The summed E-state index contributed by atoms with van der Waals surface area (Å²) in [5.74, 6) is 1.57. The number of nitrogens with one attached hydrogen (secondary N) is 1. The van der Waals surface area contributed by atoms with Gasteiger partial charge in [0, 0.05) is 29.2 Å². The molecule has 0 saturated heterocycles. The minimum absolute atomic E-state index is 0.769. The van der Waals surface area contributed by atoms with Gasteiger partial charge in [0.15, 0.2) is 5.82 Å². The summed E-state index contributed by atoms with van der Waals surface area (Å²) in [6.45, 7) is 4.00. The van der Waals surface area contributed by atoms with Crippen molar-refractivity contribution < 1.29 is 4.74 Å². The first-order chi connectivity index (χ1) is 13.1. The van der Waals surface area contributed by atoms with E-state index in [-0.39, 0.29) is 0 Å². The molecule has 4 rings (SSSR count). The van der Waals surface area contributed by atoms with Gasteiger partial charge in [0.2, 0.25) is 0 Å². The standard InChI is InChI=1S/C19H20N6OS/c1-12-9-13(2)25(22-12)17-8-6-15(11-20-17)27-23-18-16(26-4)7-5-14-10-21-24(3)19(14)18/h5-11,23H,1-4H3. The molecule has 0 radical (unpaired) electrons. The SMILES string of the molecule is COc1ccc2cnn(C)c2c1NSc1ccc(-n2nc(C)cc2C)nc1. The molecule has 0 bridgehead atoms. The summed E-state index contributed by atoms with van der Waals surface area (Å²) >= 11 is 1.48. The molecule has 0 spiro atoms. The van der Waals surface area contributed by atoms with Crippen molar-refractivity contribution in [1.82, 2.24) is 24.5 Å². The van der Waals surface area contributed by atoms with Gasteiger partial charge in [-0.15, -0.1) is 0 Å². The number of rotatable bonds is 5. The van der Waals surface area contributed by atoms with Gasteiger partial charge in [-0.1, -0.05) is 0 Å². The van der Waals surface area contributed by atoms with Crippen LogP contribution in [0.3, 0.4) is 0 Å². The Morgan fingerprint density at radius 2 is 1.96 bits per heavy atom. The summed E-state index contributed by atoms with van der Waals surface area (Å²) in [7, 11) is 3.58. The lowest BCUT2D eigenvalue weighted by Gasteiger charge is -2.12. The third-order valence-corrected chi connectivity index (χ3v) is 5.09. The predicted octanol–water partition coefficient (Wildman–Crippen LogP) is 3.90. The highest BCUT2D eigenvalue weighted by molar-refractivity contribution is 8.00. The third-order valence-electron chi connectivity index (χ3n) is 4.30. The number of anilines is 1. The van der Waals surface area contributed by atoms with Crippen molar-refractivity contribution in [2.75, 3.05) is 11.8 Å². The third kappa shape index (κ3) is 3.23. The number of hydrogen-bond donors (Lipinski definition) is 1. The number of ether oxygens (including phenoxy) is 1. The van der Waals surface area contributed by atoms with Crippen molar-refractivity contribution >= 4 is 28.5 Å². The van der Waals surface area contributed by atoms with Crippen molar-refractivity contribution in [2.45, 2.75) is 18.7 Å². The van der Waals surface area contributed by atoms with Gasteiger partial charge in [0.25, 0.3) is 0 Å². The van der Waals surface area contributed by atoms with Crippen LogP contribution in [0.1, 0.15) is 11.4 Å². The van der Waals surface area contributed by atoms with Gasteiger partial charge < -0.3 is 9.46 Å². The Hall–Kier alpha value is -3.00. The maximum Gasteiger partial charge on any atom is 0.153 e. The van der Waals surface area contributed by atoms with Crippen LogP contribution in [0.5, 0.6) is 5.75 Å². The number of fused-ring (bicyclic) bond motifs is 1. The average Bonchev–Trinajstić information content (AvgIpc) is 3.22. The second-order valence-corrected chi connectivity index (χ2v) is 7.12. The Labute approximate surface area is 161 Å². The second-order valence-electron chi connectivity index (χ2n) is 6.24. The van der Waals surface area contributed by atoms with E-state index in [4.69, 9.17) is 4.74 Å². The van der Waals surface area contributed by atoms with Crippen LogP contribution in [-0.2, 0) is 7.05 Å². The first-order valence-corrected chi connectivity index (χ1v) is 9.29. The summed E-state index contributed by atoms with van der Waals surface area (Å²) in [4.78, 5) is 5.53. The molecule has 0 aliphatic carbocycles. The van der Waals surface area contributed by atoms with Crippen LogP contribution < -0.4 is 9.46 Å². The lowest BCUT2D eigenvalue weighted by molar-refractivity contribution is 0.417. The molecule has 0 saturated carbocycles. The summed E-state index contributed by atoms with van der Waals surface area (Å²) < 4.78 is 12.6. The van der Waals surface area contributed by atoms with Crippen molar-refractivity contribution in [2.24, 2.45) is 7.05 Å². The van der Waals surface area contributed by atoms with Crippen molar-refractivity contribution in [1.29, 1.82) is 0 Å². The van der Waals surface area contributed by atoms with Gasteiger partial charge in [-0.25, -0.2) is 9.67 Å². The average molecular weight is 380 g/mol. The number of benzene rings is 1. The van der Waals surface area contributed by atoms with E-state index in [1.54, 1.807) is 7.11 Å². The molecule has 3 aromatic heterocycles. The number of nitrogens with zero attached hydrogens (tertiary/aromatic N) is 5. The van der Waals surface area contributed by atoms with Crippen LogP contribution in [0.2, 0.25) is 0 Å². The molecule has 3 heterocycles. The van der Waals surface area contributed by atoms with Gasteiger partial charge in [0.1, 0.15) is 11.4 Å². The van der Waals surface area contributed by atoms with Crippen molar-refractivity contribution in [3.8, 4) is 11.6 Å². The normalized spacial score (nSPS) is 11.1. The number of pyridine rings is 1. The molecule has 0 aliphatic rings. The van der Waals surface area contributed by atoms with E-state index in [1.165, 1.54) is 11.9 Å². The zero-order valence-electron chi connectivity index (χ0n) is 15.6. The van der Waals surface area contributed by atoms with Gasteiger partial charge in [0.05, 0.1) is 24.5 Å².